The van der Waals surface area contributed by atoms with Crippen molar-refractivity contribution in [1.29, 1.82) is 0 Å². The summed E-state index contributed by atoms with van der Waals surface area (Å²) in [7, 11) is 0. The van der Waals surface area contributed by atoms with Crippen LogP contribution in [0, 0.1) is 0 Å². The number of carbonyl (C=O) groups is 2. The third-order valence-corrected chi connectivity index (χ3v) is 11.1. The SMILES string of the molecule is C=CCO[C@@H]1[C@H](O)[C@H](O[C@H]2[C@H](OCc3ccccc3)[C@H](N3C(=O)c4ccccc4C3=O)[C@H](SCC)O[C@@H]2COCc2ccccc2)O[C@@H]2COC(C)(C)O[C@@H]12. The summed E-state index contributed by atoms with van der Waals surface area (Å²) < 4.78 is 51.5. The minimum absolute atomic E-state index is 0.0616. The summed E-state index contributed by atoms with van der Waals surface area (Å²) in [4.78, 5) is 29.6. The van der Waals surface area contributed by atoms with Gasteiger partial charge < -0.3 is 43.0 Å². The number of carbonyl (C=O) groups excluding carboxylic acids is 2. The van der Waals surface area contributed by atoms with Crippen molar-refractivity contribution >= 4 is 23.6 Å². The second-order valence-corrected chi connectivity index (χ2v) is 15.7. The number of aliphatic hydroxyl groups is 1. The molecule has 12 nitrogen and oxygen atoms in total. The summed E-state index contributed by atoms with van der Waals surface area (Å²) in [5, 5.41) is 12.0. The van der Waals surface area contributed by atoms with Crippen molar-refractivity contribution in [2.45, 2.75) is 100 Å². The molecule has 4 aliphatic rings. The van der Waals surface area contributed by atoms with Crippen molar-refractivity contribution in [3.05, 3.63) is 120 Å². The highest BCUT2D eigenvalue weighted by Crippen LogP contribution is 2.41. The Morgan fingerprint density at radius 2 is 1.51 bits per heavy atom. The number of nitrogens with zero attached hydrogens (tertiary/aromatic N) is 1. The molecule has 0 bridgehead atoms. The van der Waals surface area contributed by atoms with Crippen molar-refractivity contribution in [2.75, 3.05) is 25.6 Å². The molecule has 0 saturated carbocycles. The molecule has 3 fully saturated rings. The number of benzene rings is 3. The molecule has 55 heavy (non-hydrogen) atoms. The van der Waals surface area contributed by atoms with Crippen molar-refractivity contribution in [2.24, 2.45) is 0 Å². The Bertz CT molecular complexity index is 1730. The maximum absolute atomic E-state index is 14.2. The highest BCUT2D eigenvalue weighted by Gasteiger charge is 2.58. The van der Waals surface area contributed by atoms with Crippen molar-refractivity contribution in [1.82, 2.24) is 4.90 Å². The van der Waals surface area contributed by atoms with Gasteiger partial charge in [0, 0.05) is 0 Å². The summed E-state index contributed by atoms with van der Waals surface area (Å²) in [5.41, 5.74) is 1.74. The van der Waals surface area contributed by atoms with Crippen molar-refractivity contribution in [3.63, 3.8) is 0 Å². The maximum atomic E-state index is 14.2. The minimum atomic E-state index is -1.34. The molecule has 2 amide bonds. The van der Waals surface area contributed by atoms with E-state index >= 15 is 0 Å². The number of aliphatic hydroxyl groups excluding tert-OH is 1. The summed E-state index contributed by atoms with van der Waals surface area (Å²) in [6.07, 6.45) is -6.02. The van der Waals surface area contributed by atoms with E-state index in [1.54, 1.807) is 44.2 Å². The van der Waals surface area contributed by atoms with Crippen molar-refractivity contribution in [3.8, 4) is 0 Å². The molecule has 0 spiro atoms. The molecule has 3 aromatic carbocycles. The molecule has 1 N–H and O–H groups in total. The van der Waals surface area contributed by atoms with E-state index < -0.39 is 78.1 Å². The minimum Gasteiger partial charge on any atom is -0.385 e. The van der Waals surface area contributed by atoms with Gasteiger partial charge in [0.2, 0.25) is 0 Å². The number of rotatable bonds is 15. The molecule has 10 atom stereocenters. The number of hydrogen-bond acceptors (Lipinski definition) is 12. The normalized spacial score (nSPS) is 31.5. The lowest BCUT2D eigenvalue weighted by Gasteiger charge is -2.52. The smallest absolute Gasteiger partial charge is 0.262 e. The third-order valence-electron chi connectivity index (χ3n) is 10.1. The standard InChI is InChI=1S/C42H49NO11S/c1-5-21-48-37-33(44)40(51-31-25-50-42(3,4)54-35(31)37)53-34-30(24-47-22-26-15-9-7-10-16-26)52-41(55-6-2)32(36(34)49-23-27-17-11-8-12-18-27)43-38(45)28-19-13-14-20-29(28)39(43)46/h5,7-20,30-37,40-41,44H,1,6,21-25H2,2-4H3/t30-,31-,32+,33+,34-,35-,36-,37-,40+,41+/m1/s1. The summed E-state index contributed by atoms with van der Waals surface area (Å²) in [6.45, 7) is 10.1. The third kappa shape index (κ3) is 8.76. The van der Waals surface area contributed by atoms with Gasteiger partial charge in [0.15, 0.2) is 12.1 Å². The zero-order valence-electron chi connectivity index (χ0n) is 31.3. The lowest BCUT2D eigenvalue weighted by molar-refractivity contribution is -0.396. The number of amides is 2. The Hall–Kier alpha value is -3.47. The van der Waals surface area contributed by atoms with E-state index in [9.17, 15) is 14.7 Å². The fourth-order valence-corrected chi connectivity index (χ4v) is 8.54. The topological polar surface area (TPSA) is 131 Å². The van der Waals surface area contributed by atoms with Gasteiger partial charge in [-0.05, 0) is 42.9 Å². The van der Waals surface area contributed by atoms with Crippen LogP contribution in [0.25, 0.3) is 0 Å². The van der Waals surface area contributed by atoms with E-state index in [1.165, 1.54) is 16.7 Å². The molecule has 0 aromatic heterocycles. The monoisotopic (exact) mass is 775 g/mol. The van der Waals surface area contributed by atoms with Gasteiger partial charge in [-0.25, -0.2) is 0 Å². The van der Waals surface area contributed by atoms with Gasteiger partial charge in [-0.2, -0.15) is 0 Å². The molecule has 4 heterocycles. The maximum Gasteiger partial charge on any atom is 0.262 e. The van der Waals surface area contributed by atoms with Crippen LogP contribution < -0.4 is 0 Å². The summed E-state index contributed by atoms with van der Waals surface area (Å²) >= 11 is 1.46. The van der Waals surface area contributed by atoms with Crippen LogP contribution in [-0.4, -0.2) is 114 Å². The molecular formula is C42H49NO11S. The number of imide groups is 1. The molecule has 4 aliphatic heterocycles. The van der Waals surface area contributed by atoms with Crippen LogP contribution in [0.5, 0.6) is 0 Å². The second-order valence-electron chi connectivity index (χ2n) is 14.3. The number of hydrogen-bond donors (Lipinski definition) is 1. The second kappa shape index (κ2) is 17.8. The fourth-order valence-electron chi connectivity index (χ4n) is 7.52. The zero-order valence-corrected chi connectivity index (χ0v) is 32.1. The van der Waals surface area contributed by atoms with E-state index in [0.29, 0.717) is 23.5 Å². The molecular weight excluding hydrogens is 727 g/mol. The number of fused-ring (bicyclic) bond motifs is 2. The van der Waals surface area contributed by atoms with Crippen LogP contribution in [0.4, 0.5) is 0 Å². The van der Waals surface area contributed by atoms with Gasteiger partial charge in [-0.1, -0.05) is 85.8 Å². The summed E-state index contributed by atoms with van der Waals surface area (Å²) in [5.74, 6) is -1.22. The molecule has 7 rings (SSSR count). The Balaban J connectivity index is 1.26. The van der Waals surface area contributed by atoms with E-state index in [-0.39, 0.29) is 26.4 Å². The quantitative estimate of drug-likeness (QED) is 0.162. The molecule has 0 radical (unpaired) electrons. The summed E-state index contributed by atoms with van der Waals surface area (Å²) in [6, 6.07) is 25.2. The van der Waals surface area contributed by atoms with Crippen LogP contribution in [-0.2, 0) is 51.1 Å². The van der Waals surface area contributed by atoms with Gasteiger partial charge in [-0.3, -0.25) is 14.5 Å². The zero-order chi connectivity index (χ0) is 38.5. The van der Waals surface area contributed by atoms with Crippen LogP contribution in [0.15, 0.2) is 97.6 Å². The van der Waals surface area contributed by atoms with E-state index in [1.807, 2.05) is 67.6 Å². The molecule has 3 saturated heterocycles. The molecule has 0 unspecified atom stereocenters. The fraction of sp³-hybridized carbons (Fsp3) is 0.476. The van der Waals surface area contributed by atoms with Crippen LogP contribution in [0.3, 0.4) is 0 Å². The lowest BCUT2D eigenvalue weighted by Crippen LogP contribution is -2.69. The average molecular weight is 776 g/mol. The average Bonchev–Trinajstić information content (AvgIpc) is 3.44. The Labute approximate surface area is 325 Å². The lowest BCUT2D eigenvalue weighted by atomic mass is 9.94. The van der Waals surface area contributed by atoms with Gasteiger partial charge in [0.25, 0.3) is 11.8 Å². The van der Waals surface area contributed by atoms with E-state index in [2.05, 4.69) is 6.58 Å². The van der Waals surface area contributed by atoms with E-state index in [4.69, 9.17) is 37.9 Å². The predicted molar refractivity (Wildman–Crippen MR) is 203 cm³/mol. The van der Waals surface area contributed by atoms with Gasteiger partial charge in [-0.15, -0.1) is 18.3 Å². The number of thioether (sulfide) groups is 1. The van der Waals surface area contributed by atoms with Crippen molar-refractivity contribution < 1.29 is 52.6 Å². The molecule has 0 aliphatic carbocycles. The van der Waals surface area contributed by atoms with Gasteiger partial charge >= 0.3 is 0 Å². The highest BCUT2D eigenvalue weighted by molar-refractivity contribution is 7.99. The highest BCUT2D eigenvalue weighted by atomic mass is 32.2. The van der Waals surface area contributed by atoms with Crippen LogP contribution in [0.2, 0.25) is 0 Å². The van der Waals surface area contributed by atoms with Gasteiger partial charge in [0.05, 0.1) is 44.2 Å². The first-order valence-corrected chi connectivity index (χ1v) is 19.8. The van der Waals surface area contributed by atoms with Crippen LogP contribution >= 0.6 is 11.8 Å². The molecule has 294 valence electrons. The Morgan fingerprint density at radius 3 is 2.15 bits per heavy atom. The van der Waals surface area contributed by atoms with Crippen LogP contribution in [0.1, 0.15) is 52.6 Å². The van der Waals surface area contributed by atoms with E-state index in [0.717, 1.165) is 11.1 Å². The first-order valence-electron chi connectivity index (χ1n) is 18.7. The Kier molecular flexibility index (Phi) is 12.8. The first-order chi connectivity index (χ1) is 26.7. The molecule has 3 aromatic rings. The Morgan fingerprint density at radius 1 is 0.873 bits per heavy atom. The largest absolute Gasteiger partial charge is 0.385 e. The van der Waals surface area contributed by atoms with Gasteiger partial charge in [0.1, 0.15) is 54.2 Å². The molecule has 13 heteroatoms. The predicted octanol–water partition coefficient (Wildman–Crippen LogP) is 5.13. The number of ether oxygens (including phenoxy) is 8. The first kappa shape index (κ1) is 39.8.